The average Bonchev–Trinajstić information content (AvgIpc) is 2.44. The number of aromatic carboxylic acids is 1. The highest BCUT2D eigenvalue weighted by atomic mass is 32.2. The third-order valence-electron chi connectivity index (χ3n) is 3.36. The Kier molecular flexibility index (Phi) is 4.77. The molecule has 114 valence electrons. The maximum absolute atomic E-state index is 12.1. The maximum atomic E-state index is 12.1. The predicted octanol–water partition coefficient (Wildman–Crippen LogP) is 2.42. The summed E-state index contributed by atoms with van der Waals surface area (Å²) in [6.07, 6.45) is 0. The van der Waals surface area contributed by atoms with E-state index in [1.54, 1.807) is 24.3 Å². The second kappa shape index (κ2) is 6.39. The van der Waals surface area contributed by atoms with Crippen LogP contribution in [0.4, 0.5) is 4.79 Å². The summed E-state index contributed by atoms with van der Waals surface area (Å²) in [5.74, 6) is 0.00640. The van der Waals surface area contributed by atoms with Gasteiger partial charge >= 0.3 is 12.0 Å². The Hall–Kier alpha value is -1.69. The maximum Gasteiger partial charge on any atom is 0.335 e. The topological polar surface area (TPSA) is 69.6 Å². The van der Waals surface area contributed by atoms with Gasteiger partial charge in [-0.2, -0.15) is 11.8 Å². The zero-order valence-corrected chi connectivity index (χ0v) is 13.1. The van der Waals surface area contributed by atoms with E-state index >= 15 is 0 Å². The molecule has 1 aromatic carbocycles. The summed E-state index contributed by atoms with van der Waals surface area (Å²) < 4.78 is 0.0960. The second-order valence-corrected chi connectivity index (χ2v) is 7.49. The number of hydrogen-bond acceptors (Lipinski definition) is 3. The van der Waals surface area contributed by atoms with Gasteiger partial charge in [-0.1, -0.05) is 12.1 Å². The van der Waals surface area contributed by atoms with Gasteiger partial charge in [-0.3, -0.25) is 0 Å². The van der Waals surface area contributed by atoms with E-state index in [2.05, 4.69) is 19.2 Å². The molecule has 1 aromatic rings. The summed E-state index contributed by atoms with van der Waals surface area (Å²) in [5, 5.41) is 11.7. The summed E-state index contributed by atoms with van der Waals surface area (Å²) in [4.78, 5) is 24.7. The van der Waals surface area contributed by atoms with Gasteiger partial charge in [0.15, 0.2) is 0 Å². The van der Waals surface area contributed by atoms with Crippen molar-refractivity contribution in [2.24, 2.45) is 0 Å². The first-order chi connectivity index (χ1) is 9.87. The van der Waals surface area contributed by atoms with Gasteiger partial charge in [-0.25, -0.2) is 9.59 Å². The Morgan fingerprint density at radius 3 is 2.57 bits per heavy atom. The van der Waals surface area contributed by atoms with Crippen molar-refractivity contribution in [3.63, 3.8) is 0 Å². The zero-order valence-electron chi connectivity index (χ0n) is 12.3. The quantitative estimate of drug-likeness (QED) is 0.900. The molecule has 0 aliphatic carbocycles. The average molecular weight is 308 g/mol. The molecule has 0 radical (unpaired) electrons. The molecule has 0 spiro atoms. The second-order valence-electron chi connectivity index (χ2n) is 5.69. The first kappa shape index (κ1) is 15.7. The highest BCUT2D eigenvalue weighted by Crippen LogP contribution is 2.29. The predicted molar refractivity (Wildman–Crippen MR) is 83.7 cm³/mol. The van der Waals surface area contributed by atoms with Crippen molar-refractivity contribution in [3.8, 4) is 0 Å². The number of carboxylic acids is 1. The van der Waals surface area contributed by atoms with Gasteiger partial charge in [0.25, 0.3) is 0 Å². The molecule has 1 heterocycles. The van der Waals surface area contributed by atoms with Gasteiger partial charge in [-0.05, 0) is 31.5 Å². The number of rotatable bonds is 3. The molecule has 21 heavy (non-hydrogen) atoms. The van der Waals surface area contributed by atoms with Crippen molar-refractivity contribution < 1.29 is 14.7 Å². The third kappa shape index (κ3) is 4.39. The highest BCUT2D eigenvalue weighted by Gasteiger charge is 2.29. The molecule has 2 rings (SSSR count). The summed E-state index contributed by atoms with van der Waals surface area (Å²) in [7, 11) is 0. The zero-order chi connectivity index (χ0) is 15.5. The molecule has 2 amide bonds. The van der Waals surface area contributed by atoms with Crippen molar-refractivity contribution in [2.75, 3.05) is 18.8 Å². The number of urea groups is 1. The Balaban J connectivity index is 1.87. The Morgan fingerprint density at radius 1 is 1.33 bits per heavy atom. The van der Waals surface area contributed by atoms with Crippen LogP contribution in [-0.2, 0) is 6.54 Å². The van der Waals surface area contributed by atoms with E-state index in [9.17, 15) is 9.59 Å². The largest absolute Gasteiger partial charge is 0.478 e. The van der Waals surface area contributed by atoms with Gasteiger partial charge in [0, 0.05) is 30.1 Å². The smallest absolute Gasteiger partial charge is 0.335 e. The van der Waals surface area contributed by atoms with Crippen LogP contribution in [0.1, 0.15) is 29.8 Å². The molecule has 2 N–H and O–H groups in total. The number of carbonyl (C=O) groups excluding carboxylic acids is 1. The molecular weight excluding hydrogens is 288 g/mol. The minimum Gasteiger partial charge on any atom is -0.478 e. The molecule has 1 fully saturated rings. The first-order valence-corrected chi connectivity index (χ1v) is 7.85. The van der Waals surface area contributed by atoms with Crippen LogP contribution in [0, 0.1) is 0 Å². The first-order valence-electron chi connectivity index (χ1n) is 6.86. The minimum atomic E-state index is -0.946. The number of hydrogen-bond donors (Lipinski definition) is 2. The molecule has 1 aliphatic rings. The van der Waals surface area contributed by atoms with Gasteiger partial charge < -0.3 is 15.3 Å². The van der Waals surface area contributed by atoms with Gasteiger partial charge in [0.1, 0.15) is 0 Å². The lowest BCUT2D eigenvalue weighted by Gasteiger charge is -2.37. The molecule has 0 bridgehead atoms. The van der Waals surface area contributed by atoms with Crippen molar-refractivity contribution in [2.45, 2.75) is 25.1 Å². The highest BCUT2D eigenvalue weighted by molar-refractivity contribution is 8.00. The summed E-state index contributed by atoms with van der Waals surface area (Å²) in [6, 6.07) is 6.47. The fourth-order valence-electron chi connectivity index (χ4n) is 2.24. The minimum absolute atomic E-state index is 0.0642. The van der Waals surface area contributed by atoms with E-state index in [1.807, 2.05) is 16.7 Å². The number of carboxylic acid groups (broad SMARTS) is 1. The molecule has 0 aromatic heterocycles. The molecule has 5 nitrogen and oxygen atoms in total. The van der Waals surface area contributed by atoms with Crippen LogP contribution in [0.2, 0.25) is 0 Å². The standard InChI is InChI=1S/C15H20N2O3S/c1-15(2)10-17(7-8-21-15)14(20)16-9-11-3-5-12(6-4-11)13(18)19/h3-6H,7-10H2,1-2H3,(H,16,20)(H,18,19). The summed E-state index contributed by atoms with van der Waals surface area (Å²) >= 11 is 1.88. The molecule has 1 aliphatic heterocycles. The Labute approximate surface area is 128 Å². The van der Waals surface area contributed by atoms with Gasteiger partial charge in [0.2, 0.25) is 0 Å². The fraction of sp³-hybridized carbons (Fsp3) is 0.467. The van der Waals surface area contributed by atoms with E-state index in [1.165, 1.54) is 0 Å². The summed E-state index contributed by atoms with van der Waals surface area (Å²) in [5.41, 5.74) is 1.14. The van der Waals surface area contributed by atoms with Crippen LogP contribution in [0.15, 0.2) is 24.3 Å². The van der Waals surface area contributed by atoms with Crippen molar-refractivity contribution >= 4 is 23.8 Å². The van der Waals surface area contributed by atoms with Gasteiger partial charge in [-0.15, -0.1) is 0 Å². The monoisotopic (exact) mass is 308 g/mol. The van der Waals surface area contributed by atoms with Crippen LogP contribution in [0.3, 0.4) is 0 Å². The van der Waals surface area contributed by atoms with E-state index < -0.39 is 5.97 Å². The SMILES string of the molecule is CC1(C)CN(C(=O)NCc2ccc(C(=O)O)cc2)CCS1. The third-order valence-corrected chi connectivity index (χ3v) is 4.65. The lowest BCUT2D eigenvalue weighted by Crippen LogP contribution is -2.49. The number of thioether (sulfide) groups is 1. The van der Waals surface area contributed by atoms with Crippen molar-refractivity contribution in [3.05, 3.63) is 35.4 Å². The fourth-order valence-corrected chi connectivity index (χ4v) is 3.36. The van der Waals surface area contributed by atoms with E-state index in [-0.39, 0.29) is 16.3 Å². The van der Waals surface area contributed by atoms with Crippen LogP contribution >= 0.6 is 11.8 Å². The van der Waals surface area contributed by atoms with Crippen LogP contribution < -0.4 is 5.32 Å². The van der Waals surface area contributed by atoms with Crippen molar-refractivity contribution in [1.82, 2.24) is 10.2 Å². The lowest BCUT2D eigenvalue weighted by molar-refractivity contribution is 0.0697. The van der Waals surface area contributed by atoms with Crippen molar-refractivity contribution in [1.29, 1.82) is 0 Å². The number of amides is 2. The van der Waals surface area contributed by atoms with E-state index in [0.29, 0.717) is 6.54 Å². The lowest BCUT2D eigenvalue weighted by atomic mass is 10.1. The van der Waals surface area contributed by atoms with Crippen LogP contribution in [0.5, 0.6) is 0 Å². The number of nitrogens with one attached hydrogen (secondary N) is 1. The Morgan fingerprint density at radius 2 is 2.00 bits per heavy atom. The normalized spacial score (nSPS) is 17.3. The molecule has 6 heteroatoms. The van der Waals surface area contributed by atoms with E-state index in [0.717, 1.165) is 24.4 Å². The molecule has 0 unspecified atom stereocenters. The number of carbonyl (C=O) groups is 2. The number of nitrogens with zero attached hydrogens (tertiary/aromatic N) is 1. The molecular formula is C15H20N2O3S. The van der Waals surface area contributed by atoms with Gasteiger partial charge in [0.05, 0.1) is 5.56 Å². The number of benzene rings is 1. The molecule has 1 saturated heterocycles. The molecule has 0 atom stereocenters. The van der Waals surface area contributed by atoms with E-state index in [4.69, 9.17) is 5.11 Å². The van der Waals surface area contributed by atoms with Crippen LogP contribution in [0.25, 0.3) is 0 Å². The molecule has 0 saturated carbocycles. The Bertz CT molecular complexity index is 528. The summed E-state index contributed by atoms with van der Waals surface area (Å²) in [6.45, 7) is 6.19. The van der Waals surface area contributed by atoms with Crippen LogP contribution in [-0.4, -0.2) is 45.6 Å².